The fraction of sp³-hybridized carbons (Fsp3) is 0.605. The van der Waals surface area contributed by atoms with E-state index in [4.69, 9.17) is 0 Å². The minimum absolute atomic E-state index is 0.121. The Bertz CT molecular complexity index is 1280. The minimum Gasteiger partial charge on any atom is -0.469 e. The van der Waals surface area contributed by atoms with Crippen molar-refractivity contribution in [1.29, 1.82) is 0 Å². The number of hydrogen-bond donors (Lipinski definition) is 5. The summed E-state index contributed by atoms with van der Waals surface area (Å²) in [6.45, 7) is 4.23. The zero-order chi connectivity index (χ0) is 37.3. The van der Waals surface area contributed by atoms with Crippen LogP contribution in [0, 0.1) is 0 Å². The molecule has 282 valence electrons. The standard InChI is InChI=1S/C19H30O5S.C19H28O5S/c2*1-3-4-5-7-17(22)19-14(12-13-25-19)10-11-16(21)15(20)8-6-9-18(23)24-2/h10-13,15-17,20-22H,3-9H2,1-2H3;10-13,15-16,20-21H,3-9H2,1-2H3/b2*11-10+/t15-,16+,17-;15-,16+/m00/s1. The summed E-state index contributed by atoms with van der Waals surface area (Å²) in [6, 6.07) is 3.74. The number of thiophene rings is 2. The number of aliphatic hydroxyl groups is 5. The van der Waals surface area contributed by atoms with Crippen LogP contribution >= 0.6 is 22.7 Å². The van der Waals surface area contributed by atoms with Gasteiger partial charge in [0.2, 0.25) is 0 Å². The van der Waals surface area contributed by atoms with Gasteiger partial charge in [-0.05, 0) is 72.5 Å². The molecule has 2 heterocycles. The van der Waals surface area contributed by atoms with Crippen molar-refractivity contribution in [3.05, 3.63) is 55.9 Å². The number of esters is 2. The highest BCUT2D eigenvalue weighted by atomic mass is 32.1. The van der Waals surface area contributed by atoms with Crippen LogP contribution in [0.5, 0.6) is 0 Å². The second-order valence-electron chi connectivity index (χ2n) is 12.1. The number of rotatable bonds is 24. The molecule has 0 aromatic carbocycles. The van der Waals surface area contributed by atoms with Gasteiger partial charge in [0.1, 0.15) is 0 Å². The molecule has 5 atom stereocenters. The van der Waals surface area contributed by atoms with E-state index in [2.05, 4.69) is 23.3 Å². The summed E-state index contributed by atoms with van der Waals surface area (Å²) >= 11 is 2.90. The van der Waals surface area contributed by atoms with Crippen molar-refractivity contribution in [1.82, 2.24) is 0 Å². The first-order chi connectivity index (χ1) is 24.0. The number of Topliss-reactive ketones (excluding diaryl/α,β-unsaturated/α-hetero) is 1. The second kappa shape index (κ2) is 27.0. The average molecular weight is 739 g/mol. The van der Waals surface area contributed by atoms with Crippen LogP contribution in [0.4, 0.5) is 0 Å². The Morgan fingerprint density at radius 3 is 1.70 bits per heavy atom. The van der Waals surface area contributed by atoms with Crippen molar-refractivity contribution in [3.8, 4) is 0 Å². The zero-order valence-corrected chi connectivity index (χ0v) is 31.6. The molecule has 0 spiro atoms. The molecular formula is C38H58O10S2. The summed E-state index contributed by atoms with van der Waals surface area (Å²) < 4.78 is 9.07. The fourth-order valence-electron chi connectivity index (χ4n) is 4.90. The number of unbranched alkanes of at least 4 members (excludes halogenated alkanes) is 4. The predicted octanol–water partition coefficient (Wildman–Crippen LogP) is 7.03. The van der Waals surface area contributed by atoms with Crippen LogP contribution in [0.2, 0.25) is 0 Å². The SMILES string of the molecule is CCCCCC(=O)c1sccc1/C=C/[C@@H](O)[C@@H](O)CCCC(=O)OC.CCCCC[C@H](O)c1sccc1/C=C/[C@@H](O)[C@@H](O)CCCC(=O)OC. The summed E-state index contributed by atoms with van der Waals surface area (Å²) in [5.41, 5.74) is 1.64. The van der Waals surface area contributed by atoms with Crippen LogP contribution in [-0.4, -0.2) is 81.9 Å². The molecule has 0 fully saturated rings. The molecule has 5 N–H and O–H groups in total. The maximum atomic E-state index is 12.2. The molecule has 2 aromatic heterocycles. The Balaban J connectivity index is 0.000000500. The maximum Gasteiger partial charge on any atom is 0.305 e. The molecule has 0 aliphatic rings. The van der Waals surface area contributed by atoms with Gasteiger partial charge in [0, 0.05) is 24.1 Å². The molecule has 2 rings (SSSR count). The Morgan fingerprint density at radius 2 is 1.16 bits per heavy atom. The number of aliphatic hydroxyl groups excluding tert-OH is 5. The van der Waals surface area contributed by atoms with Gasteiger partial charge in [-0.25, -0.2) is 0 Å². The second-order valence-corrected chi connectivity index (χ2v) is 14.0. The van der Waals surface area contributed by atoms with Crippen molar-refractivity contribution in [2.75, 3.05) is 14.2 Å². The number of hydrogen-bond acceptors (Lipinski definition) is 12. The quantitative estimate of drug-likeness (QED) is 0.0428. The smallest absolute Gasteiger partial charge is 0.305 e. The number of carbonyl (C=O) groups excluding carboxylic acids is 3. The molecule has 0 saturated heterocycles. The highest BCUT2D eigenvalue weighted by Gasteiger charge is 2.17. The molecule has 0 radical (unpaired) electrons. The zero-order valence-electron chi connectivity index (χ0n) is 30.0. The van der Waals surface area contributed by atoms with Crippen molar-refractivity contribution >= 4 is 52.5 Å². The fourth-order valence-corrected chi connectivity index (χ4v) is 6.67. The summed E-state index contributed by atoms with van der Waals surface area (Å²) in [4.78, 5) is 35.9. The maximum absolute atomic E-state index is 12.2. The average Bonchev–Trinajstić information content (AvgIpc) is 3.79. The molecule has 50 heavy (non-hydrogen) atoms. The lowest BCUT2D eigenvalue weighted by molar-refractivity contribution is -0.141. The summed E-state index contributed by atoms with van der Waals surface area (Å²) in [6.07, 6.45) is 11.4. The van der Waals surface area contributed by atoms with Gasteiger partial charge < -0.3 is 35.0 Å². The van der Waals surface area contributed by atoms with E-state index in [0.717, 1.165) is 60.9 Å². The molecule has 0 unspecified atom stereocenters. The van der Waals surface area contributed by atoms with Gasteiger partial charge in [0.05, 0.1) is 49.6 Å². The lowest BCUT2D eigenvalue weighted by Crippen LogP contribution is -2.23. The van der Waals surface area contributed by atoms with E-state index < -0.39 is 30.5 Å². The first kappa shape index (κ1) is 45.3. The van der Waals surface area contributed by atoms with Gasteiger partial charge in [0.25, 0.3) is 0 Å². The van der Waals surface area contributed by atoms with Gasteiger partial charge >= 0.3 is 11.9 Å². The van der Waals surface area contributed by atoms with E-state index in [1.165, 1.54) is 49.0 Å². The molecular weight excluding hydrogens is 681 g/mol. The third-order valence-corrected chi connectivity index (χ3v) is 10.0. The molecule has 0 aliphatic heterocycles. The summed E-state index contributed by atoms with van der Waals surface area (Å²) in [5.74, 6) is -0.532. The van der Waals surface area contributed by atoms with E-state index in [0.29, 0.717) is 37.0 Å². The molecule has 2 aromatic rings. The van der Waals surface area contributed by atoms with Crippen LogP contribution < -0.4 is 0 Å². The normalized spacial score (nSPS) is 14.5. The molecule has 10 nitrogen and oxygen atoms in total. The third kappa shape index (κ3) is 18.5. The molecule has 0 bridgehead atoms. The van der Waals surface area contributed by atoms with Gasteiger partial charge in [-0.1, -0.05) is 70.3 Å². The molecule has 0 aliphatic carbocycles. The molecule has 0 amide bonds. The molecule has 0 saturated carbocycles. The Kier molecular flexibility index (Phi) is 24.5. The lowest BCUT2D eigenvalue weighted by Gasteiger charge is -2.14. The van der Waals surface area contributed by atoms with E-state index in [-0.39, 0.29) is 30.6 Å². The highest BCUT2D eigenvalue weighted by molar-refractivity contribution is 7.12. The van der Waals surface area contributed by atoms with Gasteiger partial charge in [-0.15, -0.1) is 22.7 Å². The van der Waals surface area contributed by atoms with Crippen molar-refractivity contribution in [2.24, 2.45) is 0 Å². The van der Waals surface area contributed by atoms with Crippen LogP contribution in [0.3, 0.4) is 0 Å². The number of ketones is 1. The van der Waals surface area contributed by atoms with Crippen molar-refractivity contribution in [2.45, 2.75) is 134 Å². The molecule has 12 heteroatoms. The Morgan fingerprint density at radius 1 is 0.660 bits per heavy atom. The summed E-state index contributed by atoms with van der Waals surface area (Å²) in [7, 11) is 2.64. The van der Waals surface area contributed by atoms with E-state index in [9.17, 15) is 39.9 Å². The number of ether oxygens (including phenoxy) is 2. The van der Waals surface area contributed by atoms with Gasteiger partial charge in [0.15, 0.2) is 5.78 Å². The summed E-state index contributed by atoms with van der Waals surface area (Å²) in [5, 5.41) is 54.0. The Hall–Kier alpha value is -2.71. The van der Waals surface area contributed by atoms with Gasteiger partial charge in [-0.2, -0.15) is 0 Å². The minimum atomic E-state index is -1.04. The van der Waals surface area contributed by atoms with Crippen molar-refractivity contribution < 1.29 is 49.4 Å². The van der Waals surface area contributed by atoms with Crippen LogP contribution in [-0.2, 0) is 19.1 Å². The van der Waals surface area contributed by atoms with E-state index in [1.807, 2.05) is 22.9 Å². The number of methoxy groups -OCH3 is 2. The van der Waals surface area contributed by atoms with Crippen molar-refractivity contribution in [3.63, 3.8) is 0 Å². The monoisotopic (exact) mass is 738 g/mol. The van der Waals surface area contributed by atoms with Crippen LogP contribution in [0.25, 0.3) is 12.2 Å². The van der Waals surface area contributed by atoms with E-state index in [1.54, 1.807) is 12.2 Å². The lowest BCUT2D eigenvalue weighted by atomic mass is 10.0. The van der Waals surface area contributed by atoms with Crippen LogP contribution in [0.1, 0.15) is 136 Å². The first-order valence-corrected chi connectivity index (χ1v) is 19.3. The third-order valence-electron chi connectivity index (χ3n) is 8.02. The number of carbonyl (C=O) groups is 3. The van der Waals surface area contributed by atoms with E-state index >= 15 is 0 Å². The van der Waals surface area contributed by atoms with Crippen LogP contribution in [0.15, 0.2) is 35.0 Å². The topological polar surface area (TPSA) is 171 Å². The highest BCUT2D eigenvalue weighted by Crippen LogP contribution is 2.29. The first-order valence-electron chi connectivity index (χ1n) is 17.6. The largest absolute Gasteiger partial charge is 0.469 e. The Labute approximate surface area is 305 Å². The predicted molar refractivity (Wildman–Crippen MR) is 200 cm³/mol. The van der Waals surface area contributed by atoms with Gasteiger partial charge in [-0.3, -0.25) is 14.4 Å².